The summed E-state index contributed by atoms with van der Waals surface area (Å²) in [5.74, 6) is -0.133. The van der Waals surface area contributed by atoms with Gasteiger partial charge >= 0.3 is 0 Å². The maximum Gasteiger partial charge on any atom is 0.264 e. The first-order chi connectivity index (χ1) is 18.6. The summed E-state index contributed by atoms with van der Waals surface area (Å²) in [7, 11) is -2.53. The van der Waals surface area contributed by atoms with Crippen LogP contribution in [0.15, 0.2) is 77.7 Å². The fraction of sp³-hybridized carbons (Fsp3) is 0.333. The average Bonchev–Trinajstić information content (AvgIpc) is 2.93. The second-order valence-corrected chi connectivity index (χ2v) is 11.3. The van der Waals surface area contributed by atoms with Crippen molar-refractivity contribution in [2.45, 2.75) is 51.6 Å². The van der Waals surface area contributed by atoms with Crippen LogP contribution in [0.25, 0.3) is 0 Å². The first kappa shape index (κ1) is 29.7. The third-order valence-corrected chi connectivity index (χ3v) is 8.27. The van der Waals surface area contributed by atoms with Gasteiger partial charge in [0.25, 0.3) is 10.0 Å². The zero-order valence-corrected chi connectivity index (χ0v) is 24.0. The highest BCUT2D eigenvalue weighted by Gasteiger charge is 2.33. The molecule has 1 atom stereocenters. The Kier molecular flexibility index (Phi) is 10.1. The summed E-state index contributed by atoms with van der Waals surface area (Å²) in [6.45, 7) is 7.40. The van der Waals surface area contributed by atoms with Crippen LogP contribution in [0.4, 0.5) is 5.69 Å². The average molecular weight is 552 g/mol. The normalized spacial score (nSPS) is 11.9. The van der Waals surface area contributed by atoms with Gasteiger partial charge in [0.05, 0.1) is 17.7 Å². The number of nitrogens with one attached hydrogen (secondary N) is 1. The monoisotopic (exact) mass is 551 g/mol. The Balaban J connectivity index is 2.02. The van der Waals surface area contributed by atoms with Gasteiger partial charge < -0.3 is 15.0 Å². The predicted octanol–water partition coefficient (Wildman–Crippen LogP) is 4.45. The van der Waals surface area contributed by atoms with Crippen LogP contribution in [0.3, 0.4) is 0 Å². The third-order valence-electron chi connectivity index (χ3n) is 6.50. The molecule has 0 aliphatic heterocycles. The highest BCUT2D eigenvalue weighted by molar-refractivity contribution is 7.92. The van der Waals surface area contributed by atoms with Gasteiger partial charge in [0, 0.05) is 13.1 Å². The molecule has 0 aliphatic rings. The summed E-state index contributed by atoms with van der Waals surface area (Å²) in [6.07, 6.45) is 0.751. The molecule has 3 rings (SSSR count). The number of hydrogen-bond donors (Lipinski definition) is 1. The lowest BCUT2D eigenvalue weighted by Crippen LogP contribution is -2.51. The van der Waals surface area contributed by atoms with E-state index in [1.165, 1.54) is 17.0 Å². The third kappa shape index (κ3) is 7.38. The largest absolute Gasteiger partial charge is 0.497 e. The van der Waals surface area contributed by atoms with Crippen molar-refractivity contribution in [3.05, 3.63) is 89.5 Å². The number of rotatable bonds is 12. The van der Waals surface area contributed by atoms with Gasteiger partial charge in [0.15, 0.2) is 0 Å². The van der Waals surface area contributed by atoms with Gasteiger partial charge in [0.1, 0.15) is 18.3 Å². The van der Waals surface area contributed by atoms with E-state index in [0.717, 1.165) is 21.9 Å². The molecule has 208 valence electrons. The fourth-order valence-electron chi connectivity index (χ4n) is 4.10. The van der Waals surface area contributed by atoms with E-state index in [1.54, 1.807) is 63.4 Å². The van der Waals surface area contributed by atoms with Crippen molar-refractivity contribution in [2.75, 3.05) is 24.5 Å². The van der Waals surface area contributed by atoms with Crippen molar-refractivity contribution >= 4 is 27.5 Å². The molecular weight excluding hydrogens is 514 g/mol. The molecule has 8 nitrogen and oxygen atoms in total. The summed E-state index contributed by atoms with van der Waals surface area (Å²) >= 11 is 0. The molecule has 3 aromatic rings. The first-order valence-electron chi connectivity index (χ1n) is 12.9. The molecule has 0 heterocycles. The Morgan fingerprint density at radius 1 is 0.949 bits per heavy atom. The van der Waals surface area contributed by atoms with Gasteiger partial charge in [-0.15, -0.1) is 0 Å². The number of carbonyl (C=O) groups is 2. The standard InChI is InChI=1S/C30H37N3O5S/c1-6-19-31-30(35)24(4)32(20-25-13-15-26(38-5)16-14-25)29(34)21-33(28-10-8-7-9-23(28)3)39(36,37)27-17-11-22(2)12-18-27/h7-18,24H,6,19-21H2,1-5H3,(H,31,35)/t24-/m1/s1. The fourth-order valence-corrected chi connectivity index (χ4v) is 5.58. The molecule has 0 aromatic heterocycles. The zero-order valence-electron chi connectivity index (χ0n) is 23.2. The molecule has 39 heavy (non-hydrogen) atoms. The van der Waals surface area contributed by atoms with Gasteiger partial charge in [-0.3, -0.25) is 13.9 Å². The van der Waals surface area contributed by atoms with E-state index < -0.39 is 28.5 Å². The van der Waals surface area contributed by atoms with Gasteiger partial charge in [-0.2, -0.15) is 0 Å². The van der Waals surface area contributed by atoms with E-state index in [2.05, 4.69) is 5.32 Å². The van der Waals surface area contributed by atoms with E-state index in [0.29, 0.717) is 23.5 Å². The SMILES string of the molecule is CCCNC(=O)[C@@H](C)N(Cc1ccc(OC)cc1)C(=O)CN(c1ccccc1C)S(=O)(=O)c1ccc(C)cc1. The van der Waals surface area contributed by atoms with Crippen molar-refractivity contribution < 1.29 is 22.7 Å². The molecule has 0 radical (unpaired) electrons. The van der Waals surface area contributed by atoms with Crippen molar-refractivity contribution in [1.29, 1.82) is 0 Å². The Morgan fingerprint density at radius 2 is 1.59 bits per heavy atom. The number of hydrogen-bond acceptors (Lipinski definition) is 5. The van der Waals surface area contributed by atoms with E-state index in [-0.39, 0.29) is 17.3 Å². The summed E-state index contributed by atoms with van der Waals surface area (Å²) in [6, 6.07) is 19.9. The number of methoxy groups -OCH3 is 1. The number of carbonyl (C=O) groups excluding carboxylic acids is 2. The number of amides is 2. The van der Waals surface area contributed by atoms with Crippen LogP contribution in [0, 0.1) is 13.8 Å². The molecule has 1 N–H and O–H groups in total. The van der Waals surface area contributed by atoms with E-state index in [1.807, 2.05) is 32.0 Å². The second-order valence-electron chi connectivity index (χ2n) is 9.45. The summed E-state index contributed by atoms with van der Waals surface area (Å²) in [5, 5.41) is 2.84. The van der Waals surface area contributed by atoms with Crippen molar-refractivity contribution in [3.8, 4) is 5.75 Å². The molecule has 0 spiro atoms. The van der Waals surface area contributed by atoms with Crippen LogP contribution in [0.2, 0.25) is 0 Å². The number of anilines is 1. The van der Waals surface area contributed by atoms with Crippen LogP contribution in [0.1, 0.15) is 37.0 Å². The molecule has 0 saturated heterocycles. The molecule has 0 unspecified atom stereocenters. The lowest BCUT2D eigenvalue weighted by atomic mass is 10.1. The van der Waals surface area contributed by atoms with Gasteiger partial charge in [-0.05, 0) is 68.7 Å². The minimum Gasteiger partial charge on any atom is -0.497 e. The van der Waals surface area contributed by atoms with Crippen LogP contribution in [0.5, 0.6) is 5.75 Å². The zero-order chi connectivity index (χ0) is 28.6. The van der Waals surface area contributed by atoms with E-state index in [4.69, 9.17) is 4.74 Å². The van der Waals surface area contributed by atoms with Crippen molar-refractivity contribution in [1.82, 2.24) is 10.2 Å². The number of nitrogens with zero attached hydrogens (tertiary/aromatic N) is 2. The lowest BCUT2D eigenvalue weighted by Gasteiger charge is -2.32. The van der Waals surface area contributed by atoms with E-state index >= 15 is 0 Å². The van der Waals surface area contributed by atoms with Gasteiger partial charge in [-0.1, -0.05) is 55.0 Å². The molecule has 3 aromatic carbocycles. The van der Waals surface area contributed by atoms with Gasteiger partial charge in [0.2, 0.25) is 11.8 Å². The molecule has 0 bridgehead atoms. The number of ether oxygens (including phenoxy) is 1. The summed E-state index contributed by atoms with van der Waals surface area (Å²) in [5.41, 5.74) is 2.81. The quantitative estimate of drug-likeness (QED) is 0.359. The number of benzene rings is 3. The number of aryl methyl sites for hydroxylation is 2. The van der Waals surface area contributed by atoms with Crippen LogP contribution in [-0.2, 0) is 26.2 Å². The minimum atomic E-state index is -4.10. The van der Waals surface area contributed by atoms with Crippen molar-refractivity contribution in [3.63, 3.8) is 0 Å². The van der Waals surface area contributed by atoms with Crippen LogP contribution in [-0.4, -0.2) is 51.4 Å². The Bertz CT molecular complexity index is 1370. The first-order valence-corrected chi connectivity index (χ1v) is 14.4. The van der Waals surface area contributed by atoms with Crippen molar-refractivity contribution in [2.24, 2.45) is 0 Å². The van der Waals surface area contributed by atoms with Crippen LogP contribution >= 0.6 is 0 Å². The Labute approximate surface area is 231 Å². The summed E-state index contributed by atoms with van der Waals surface area (Å²) < 4.78 is 34.1. The Hall–Kier alpha value is -3.85. The predicted molar refractivity (Wildman–Crippen MR) is 153 cm³/mol. The minimum absolute atomic E-state index is 0.0830. The lowest BCUT2D eigenvalue weighted by molar-refractivity contribution is -0.139. The molecule has 0 aliphatic carbocycles. The molecule has 9 heteroatoms. The summed E-state index contributed by atoms with van der Waals surface area (Å²) in [4.78, 5) is 28.4. The highest BCUT2D eigenvalue weighted by atomic mass is 32.2. The molecule has 2 amide bonds. The van der Waals surface area contributed by atoms with Gasteiger partial charge in [-0.25, -0.2) is 8.42 Å². The smallest absolute Gasteiger partial charge is 0.264 e. The van der Waals surface area contributed by atoms with E-state index in [9.17, 15) is 18.0 Å². The maximum absolute atomic E-state index is 13.9. The maximum atomic E-state index is 13.9. The number of sulfonamides is 1. The number of para-hydroxylation sites is 1. The molecule has 0 saturated carbocycles. The van der Waals surface area contributed by atoms with Crippen LogP contribution < -0.4 is 14.4 Å². The highest BCUT2D eigenvalue weighted by Crippen LogP contribution is 2.27. The molecular formula is C30H37N3O5S. The topological polar surface area (TPSA) is 96.0 Å². The molecule has 0 fully saturated rings. The second kappa shape index (κ2) is 13.3. The Morgan fingerprint density at radius 3 is 2.18 bits per heavy atom.